The molecule has 10 aromatic carbocycles. The number of hydrogen-bond acceptors (Lipinski definition) is 5. The van der Waals surface area contributed by atoms with Gasteiger partial charge in [-0.05, 0) is 91.0 Å². The molecule has 13 aromatic rings. The van der Waals surface area contributed by atoms with Crippen molar-refractivity contribution in [3.63, 3.8) is 0 Å². The maximum atomic E-state index is 6.33. The normalized spacial score (nSPS) is 11.9. The van der Waals surface area contributed by atoms with E-state index in [-0.39, 0.29) is 0 Å². The molecule has 0 saturated carbocycles. The minimum Gasteiger partial charge on any atom is -0.456 e. The predicted molar refractivity (Wildman–Crippen MR) is 254 cm³/mol. The monoisotopic (exact) mass is 791 g/mol. The second-order valence-electron chi connectivity index (χ2n) is 15.9. The van der Waals surface area contributed by atoms with Crippen LogP contribution in [0.2, 0.25) is 0 Å². The minimum absolute atomic E-state index is 0.584. The standard InChI is InChI=1S/C57H33N3O2/c1-2-13-39-34(11-1)12-9-18-40(39)35-23-25-36(26-24-35)55-58-56(60-57(59-55)48-19-10-22-51-54(48)47-17-6-8-21-50(47)61-51)45-31-30-41(43-14-3-4-15-44(43)45)37-27-29-42-38(33-37)28-32-52-53(42)46-16-5-7-20-49(46)62-52/h1-33H. The van der Waals surface area contributed by atoms with E-state index in [0.29, 0.717) is 17.5 Å². The van der Waals surface area contributed by atoms with Gasteiger partial charge in [0.05, 0.1) is 0 Å². The minimum atomic E-state index is 0.584. The first-order chi connectivity index (χ1) is 30.7. The van der Waals surface area contributed by atoms with Crippen LogP contribution in [0.5, 0.6) is 0 Å². The summed E-state index contributed by atoms with van der Waals surface area (Å²) in [7, 11) is 0. The third-order valence-corrected chi connectivity index (χ3v) is 12.4. The van der Waals surface area contributed by atoms with E-state index < -0.39 is 0 Å². The maximum Gasteiger partial charge on any atom is 0.164 e. The highest BCUT2D eigenvalue weighted by atomic mass is 16.3. The van der Waals surface area contributed by atoms with Crippen LogP contribution in [0.4, 0.5) is 0 Å². The maximum absolute atomic E-state index is 6.33. The van der Waals surface area contributed by atoms with Crippen molar-refractivity contribution in [3.8, 4) is 56.4 Å². The first kappa shape index (κ1) is 34.5. The molecule has 3 aromatic heterocycles. The molecule has 0 atom stereocenters. The molecule has 13 rings (SSSR count). The molecule has 0 amide bonds. The zero-order valence-corrected chi connectivity index (χ0v) is 33.2. The fourth-order valence-corrected chi connectivity index (χ4v) is 9.45. The number of benzene rings is 10. The quantitative estimate of drug-likeness (QED) is 0.174. The van der Waals surface area contributed by atoms with Crippen LogP contribution in [0.25, 0.3) is 133 Å². The van der Waals surface area contributed by atoms with Gasteiger partial charge in [-0.15, -0.1) is 0 Å². The third kappa shape index (κ3) is 5.38. The third-order valence-electron chi connectivity index (χ3n) is 12.4. The molecule has 0 aliphatic carbocycles. The summed E-state index contributed by atoms with van der Waals surface area (Å²) < 4.78 is 12.5. The first-order valence-corrected chi connectivity index (χ1v) is 20.8. The molecule has 0 bridgehead atoms. The van der Waals surface area contributed by atoms with Crippen LogP contribution in [0.3, 0.4) is 0 Å². The van der Waals surface area contributed by atoms with Crippen LogP contribution in [0.1, 0.15) is 0 Å². The molecule has 0 unspecified atom stereocenters. The lowest BCUT2D eigenvalue weighted by atomic mass is 9.92. The Morgan fingerprint density at radius 3 is 1.56 bits per heavy atom. The number of hydrogen-bond donors (Lipinski definition) is 0. The summed E-state index contributed by atoms with van der Waals surface area (Å²) in [6, 6.07) is 69.9. The van der Waals surface area contributed by atoms with Crippen molar-refractivity contribution in [1.29, 1.82) is 0 Å². The van der Waals surface area contributed by atoms with Gasteiger partial charge in [-0.3, -0.25) is 0 Å². The van der Waals surface area contributed by atoms with E-state index in [1.807, 2.05) is 42.5 Å². The summed E-state index contributed by atoms with van der Waals surface area (Å²) in [4.78, 5) is 15.8. The van der Waals surface area contributed by atoms with Crippen molar-refractivity contribution in [2.24, 2.45) is 0 Å². The van der Waals surface area contributed by atoms with Crippen molar-refractivity contribution < 1.29 is 8.83 Å². The van der Waals surface area contributed by atoms with Gasteiger partial charge in [0.2, 0.25) is 0 Å². The van der Waals surface area contributed by atoms with Gasteiger partial charge in [0.25, 0.3) is 0 Å². The molecule has 0 aliphatic rings. The number of aromatic nitrogens is 3. The number of nitrogens with zero attached hydrogens (tertiary/aromatic N) is 3. The molecular formula is C57H33N3O2. The summed E-state index contributed by atoms with van der Waals surface area (Å²) in [6.07, 6.45) is 0. The lowest BCUT2D eigenvalue weighted by Crippen LogP contribution is -2.01. The average molecular weight is 792 g/mol. The van der Waals surface area contributed by atoms with Crippen LogP contribution in [-0.4, -0.2) is 15.0 Å². The molecule has 0 saturated heterocycles. The highest BCUT2D eigenvalue weighted by molar-refractivity contribution is 6.19. The molecular weight excluding hydrogens is 759 g/mol. The van der Waals surface area contributed by atoms with Gasteiger partial charge in [-0.1, -0.05) is 164 Å². The number of fused-ring (bicyclic) bond motifs is 10. The van der Waals surface area contributed by atoms with Crippen molar-refractivity contribution in [2.45, 2.75) is 0 Å². The Balaban J connectivity index is 0.985. The van der Waals surface area contributed by atoms with Crippen molar-refractivity contribution in [3.05, 3.63) is 200 Å². The van der Waals surface area contributed by atoms with Crippen LogP contribution in [-0.2, 0) is 0 Å². The Bertz CT molecular complexity index is 3930. The molecule has 0 aliphatic heterocycles. The van der Waals surface area contributed by atoms with Crippen LogP contribution in [0, 0.1) is 0 Å². The fourth-order valence-electron chi connectivity index (χ4n) is 9.45. The van der Waals surface area contributed by atoms with Crippen molar-refractivity contribution >= 4 is 76.2 Å². The Kier molecular flexibility index (Phi) is 7.54. The summed E-state index contributed by atoms with van der Waals surface area (Å²) in [5.74, 6) is 1.78. The molecule has 0 fully saturated rings. The van der Waals surface area contributed by atoms with Crippen LogP contribution in [0.15, 0.2) is 209 Å². The lowest BCUT2D eigenvalue weighted by molar-refractivity contribution is 0.668. The van der Waals surface area contributed by atoms with E-state index >= 15 is 0 Å². The summed E-state index contributed by atoms with van der Waals surface area (Å²) in [6.45, 7) is 0. The second kappa shape index (κ2) is 13.6. The van der Waals surface area contributed by atoms with Crippen LogP contribution < -0.4 is 0 Å². The molecule has 5 nitrogen and oxygen atoms in total. The second-order valence-corrected chi connectivity index (χ2v) is 15.9. The van der Waals surface area contributed by atoms with E-state index in [2.05, 4.69) is 158 Å². The van der Waals surface area contributed by atoms with Crippen molar-refractivity contribution in [2.75, 3.05) is 0 Å². The van der Waals surface area contributed by atoms with Crippen molar-refractivity contribution in [1.82, 2.24) is 15.0 Å². The predicted octanol–water partition coefficient (Wildman–Crippen LogP) is 15.5. The van der Waals surface area contributed by atoms with Crippen LogP contribution >= 0.6 is 0 Å². The highest BCUT2D eigenvalue weighted by Crippen LogP contribution is 2.41. The van der Waals surface area contributed by atoms with Gasteiger partial charge in [-0.25, -0.2) is 15.0 Å². The van der Waals surface area contributed by atoms with Gasteiger partial charge in [0, 0.05) is 38.2 Å². The molecule has 0 spiro atoms. The van der Waals surface area contributed by atoms with E-state index in [9.17, 15) is 0 Å². The number of para-hydroxylation sites is 2. The Morgan fingerprint density at radius 1 is 0.258 bits per heavy atom. The largest absolute Gasteiger partial charge is 0.456 e. The van der Waals surface area contributed by atoms with Gasteiger partial charge < -0.3 is 8.83 Å². The van der Waals surface area contributed by atoms with E-state index in [1.54, 1.807) is 0 Å². The number of furan rings is 2. The average Bonchev–Trinajstić information content (AvgIpc) is 3.92. The highest BCUT2D eigenvalue weighted by Gasteiger charge is 2.20. The zero-order valence-electron chi connectivity index (χ0n) is 33.2. The Labute approximate surface area is 355 Å². The van der Waals surface area contributed by atoms with Gasteiger partial charge in [0.1, 0.15) is 22.3 Å². The van der Waals surface area contributed by atoms with Gasteiger partial charge in [-0.2, -0.15) is 0 Å². The molecule has 0 N–H and O–H groups in total. The zero-order chi connectivity index (χ0) is 40.7. The SMILES string of the molecule is c1ccc2c(-c3ccc(-c4nc(-c5ccc(-c6ccc7c(ccc8oc9ccccc9c87)c6)c6ccccc56)nc(-c5cccc6oc7ccccc7c56)n4)cc3)cccc2c1. The molecule has 288 valence electrons. The van der Waals surface area contributed by atoms with E-state index in [0.717, 1.165) is 93.4 Å². The van der Waals surface area contributed by atoms with Gasteiger partial charge >= 0.3 is 0 Å². The summed E-state index contributed by atoms with van der Waals surface area (Å²) in [5, 5.41) is 11.2. The number of rotatable bonds is 5. The molecule has 62 heavy (non-hydrogen) atoms. The van der Waals surface area contributed by atoms with Gasteiger partial charge in [0.15, 0.2) is 17.5 Å². The Morgan fingerprint density at radius 2 is 0.774 bits per heavy atom. The summed E-state index contributed by atoms with van der Waals surface area (Å²) >= 11 is 0. The molecule has 5 heteroatoms. The fraction of sp³-hybridized carbons (Fsp3) is 0. The topological polar surface area (TPSA) is 65.0 Å². The van der Waals surface area contributed by atoms with E-state index in [4.69, 9.17) is 23.8 Å². The molecule has 0 radical (unpaired) electrons. The Hall–Kier alpha value is -8.41. The first-order valence-electron chi connectivity index (χ1n) is 20.8. The lowest BCUT2D eigenvalue weighted by Gasteiger charge is -2.14. The van der Waals surface area contributed by atoms with E-state index in [1.165, 1.54) is 21.7 Å². The smallest absolute Gasteiger partial charge is 0.164 e. The summed E-state index contributed by atoms with van der Waals surface area (Å²) in [5.41, 5.74) is 10.7. The molecule has 3 heterocycles.